The van der Waals surface area contributed by atoms with E-state index in [2.05, 4.69) is 41.5 Å². The van der Waals surface area contributed by atoms with Gasteiger partial charge in [0.2, 0.25) is 0 Å². The summed E-state index contributed by atoms with van der Waals surface area (Å²) in [6, 6.07) is 12.0. The van der Waals surface area contributed by atoms with E-state index in [4.69, 9.17) is 14.5 Å². The number of benzene rings is 2. The third kappa shape index (κ3) is 4.34. The number of nitrogens with zero attached hydrogens (tertiary/aromatic N) is 3. The number of anilines is 2. The van der Waals surface area contributed by atoms with E-state index in [0.29, 0.717) is 17.3 Å². The fraction of sp³-hybridized carbons (Fsp3) is 0.154. The number of aryl methyl sites for hydroxylation is 1. The van der Waals surface area contributed by atoms with Crippen LogP contribution in [-0.2, 0) is 0 Å². The Bertz CT molecular complexity index is 1300. The van der Waals surface area contributed by atoms with Crippen molar-refractivity contribution in [2.24, 2.45) is 0 Å². The van der Waals surface area contributed by atoms with Crippen molar-refractivity contribution in [3.63, 3.8) is 0 Å². The predicted molar refractivity (Wildman–Crippen MR) is 130 cm³/mol. The van der Waals surface area contributed by atoms with Crippen LogP contribution in [0.15, 0.2) is 73.2 Å². The van der Waals surface area contributed by atoms with E-state index in [1.165, 1.54) is 5.56 Å². The minimum absolute atomic E-state index is 0.643. The first-order valence-electron chi connectivity index (χ1n) is 10.4. The number of ether oxygens (including phenoxy) is 2. The van der Waals surface area contributed by atoms with Crippen molar-refractivity contribution in [3.8, 4) is 22.8 Å². The SMILES string of the molecule is CC=C/C=C\c1cc(-c2cn3ccnc3c(Nc3ccc(OC)c(OC)c3)n2)ccc1C. The minimum atomic E-state index is 0.643. The van der Waals surface area contributed by atoms with Crippen LogP contribution in [0.1, 0.15) is 18.1 Å². The molecule has 6 heteroatoms. The van der Waals surface area contributed by atoms with Crippen LogP contribution < -0.4 is 14.8 Å². The second kappa shape index (κ2) is 9.39. The molecule has 1 N–H and O–H groups in total. The molecule has 2 heterocycles. The monoisotopic (exact) mass is 426 g/mol. The number of nitrogens with one attached hydrogen (secondary N) is 1. The number of fused-ring (bicyclic) bond motifs is 1. The van der Waals surface area contributed by atoms with Crippen LogP contribution in [0, 0.1) is 6.92 Å². The van der Waals surface area contributed by atoms with Crippen LogP contribution >= 0.6 is 0 Å². The Morgan fingerprint density at radius 1 is 1.00 bits per heavy atom. The number of aromatic nitrogens is 3. The second-order valence-corrected chi connectivity index (χ2v) is 7.28. The molecule has 0 atom stereocenters. The number of hydrogen-bond donors (Lipinski definition) is 1. The van der Waals surface area contributed by atoms with Crippen molar-refractivity contribution in [2.45, 2.75) is 13.8 Å². The number of imidazole rings is 1. The molecule has 4 aromatic rings. The molecule has 6 nitrogen and oxygen atoms in total. The molecule has 0 saturated carbocycles. The first kappa shape index (κ1) is 21.2. The van der Waals surface area contributed by atoms with E-state index >= 15 is 0 Å². The van der Waals surface area contributed by atoms with Crippen LogP contribution in [0.2, 0.25) is 0 Å². The molecule has 0 amide bonds. The lowest BCUT2D eigenvalue weighted by Gasteiger charge is -2.13. The molecule has 4 rings (SSSR count). The van der Waals surface area contributed by atoms with Gasteiger partial charge < -0.3 is 19.2 Å². The molecule has 0 radical (unpaired) electrons. The van der Waals surface area contributed by atoms with Gasteiger partial charge in [-0.15, -0.1) is 0 Å². The van der Waals surface area contributed by atoms with Gasteiger partial charge in [-0.2, -0.15) is 0 Å². The quantitative estimate of drug-likeness (QED) is 0.364. The van der Waals surface area contributed by atoms with Gasteiger partial charge >= 0.3 is 0 Å². The lowest BCUT2D eigenvalue weighted by molar-refractivity contribution is 0.355. The average Bonchev–Trinajstić information content (AvgIpc) is 3.29. The van der Waals surface area contributed by atoms with Crippen molar-refractivity contribution in [2.75, 3.05) is 19.5 Å². The Balaban J connectivity index is 1.75. The highest BCUT2D eigenvalue weighted by molar-refractivity contribution is 5.75. The maximum Gasteiger partial charge on any atom is 0.180 e. The third-order valence-corrected chi connectivity index (χ3v) is 5.17. The Morgan fingerprint density at radius 2 is 1.84 bits per heavy atom. The summed E-state index contributed by atoms with van der Waals surface area (Å²) < 4.78 is 12.7. The second-order valence-electron chi connectivity index (χ2n) is 7.28. The fourth-order valence-electron chi connectivity index (χ4n) is 3.46. The van der Waals surface area contributed by atoms with Crippen molar-refractivity contribution in [1.29, 1.82) is 0 Å². The molecule has 0 aliphatic heterocycles. The van der Waals surface area contributed by atoms with Gasteiger partial charge in [0.25, 0.3) is 0 Å². The van der Waals surface area contributed by atoms with Gasteiger partial charge in [-0.3, -0.25) is 0 Å². The van der Waals surface area contributed by atoms with Crippen molar-refractivity contribution in [3.05, 3.63) is 84.3 Å². The Labute approximate surface area is 187 Å². The number of rotatable bonds is 7. The van der Waals surface area contributed by atoms with Gasteiger partial charge in [0.1, 0.15) is 0 Å². The van der Waals surface area contributed by atoms with E-state index in [9.17, 15) is 0 Å². The molecule has 0 bridgehead atoms. The normalized spacial score (nSPS) is 11.5. The largest absolute Gasteiger partial charge is 0.493 e. The van der Waals surface area contributed by atoms with Crippen LogP contribution in [0.25, 0.3) is 23.0 Å². The summed E-state index contributed by atoms with van der Waals surface area (Å²) >= 11 is 0. The zero-order valence-corrected chi connectivity index (χ0v) is 18.7. The highest BCUT2D eigenvalue weighted by Gasteiger charge is 2.12. The van der Waals surface area contributed by atoms with E-state index in [-0.39, 0.29) is 0 Å². The van der Waals surface area contributed by atoms with Gasteiger partial charge in [-0.25, -0.2) is 9.97 Å². The zero-order chi connectivity index (χ0) is 22.5. The Kier molecular flexibility index (Phi) is 6.22. The van der Waals surface area contributed by atoms with E-state index < -0.39 is 0 Å². The number of hydrogen-bond acceptors (Lipinski definition) is 5. The number of allylic oxidation sites excluding steroid dienone is 3. The van der Waals surface area contributed by atoms with Crippen molar-refractivity contribution >= 4 is 23.2 Å². The first-order chi connectivity index (χ1) is 15.6. The predicted octanol–water partition coefficient (Wildman–Crippen LogP) is 6.05. The van der Waals surface area contributed by atoms with Gasteiger partial charge in [0.15, 0.2) is 23.0 Å². The van der Waals surface area contributed by atoms with Crippen LogP contribution in [-0.4, -0.2) is 28.6 Å². The number of methoxy groups -OCH3 is 2. The van der Waals surface area contributed by atoms with Crippen LogP contribution in [0.4, 0.5) is 11.5 Å². The molecule has 162 valence electrons. The van der Waals surface area contributed by atoms with Gasteiger partial charge in [-0.1, -0.05) is 36.4 Å². The van der Waals surface area contributed by atoms with E-state index in [1.807, 2.05) is 60.1 Å². The molecule has 0 saturated heterocycles. The molecule has 0 spiro atoms. The lowest BCUT2D eigenvalue weighted by atomic mass is 10.0. The molecular formula is C26H26N4O2. The topological polar surface area (TPSA) is 60.7 Å². The van der Waals surface area contributed by atoms with E-state index in [1.54, 1.807) is 20.4 Å². The molecule has 32 heavy (non-hydrogen) atoms. The lowest BCUT2D eigenvalue weighted by Crippen LogP contribution is -2.01. The Morgan fingerprint density at radius 3 is 2.62 bits per heavy atom. The summed E-state index contributed by atoms with van der Waals surface area (Å²) in [5.41, 5.74) is 5.81. The van der Waals surface area contributed by atoms with Gasteiger partial charge in [-0.05, 0) is 43.2 Å². The summed E-state index contributed by atoms with van der Waals surface area (Å²) in [6.07, 6.45) is 13.9. The summed E-state index contributed by atoms with van der Waals surface area (Å²) in [5.74, 6) is 1.97. The summed E-state index contributed by atoms with van der Waals surface area (Å²) in [4.78, 5) is 9.37. The summed E-state index contributed by atoms with van der Waals surface area (Å²) in [5, 5.41) is 3.38. The average molecular weight is 427 g/mol. The third-order valence-electron chi connectivity index (χ3n) is 5.17. The fourth-order valence-corrected chi connectivity index (χ4v) is 3.46. The molecule has 2 aromatic heterocycles. The van der Waals surface area contributed by atoms with Gasteiger partial charge in [0.05, 0.1) is 19.9 Å². The maximum absolute atomic E-state index is 5.43. The highest BCUT2D eigenvalue weighted by atomic mass is 16.5. The molecule has 0 aliphatic rings. The summed E-state index contributed by atoms with van der Waals surface area (Å²) in [7, 11) is 3.24. The molecular weight excluding hydrogens is 400 g/mol. The zero-order valence-electron chi connectivity index (χ0n) is 18.7. The Hall–Kier alpha value is -4.06. The van der Waals surface area contributed by atoms with Crippen molar-refractivity contribution < 1.29 is 9.47 Å². The molecule has 0 unspecified atom stereocenters. The van der Waals surface area contributed by atoms with Crippen LogP contribution in [0.5, 0.6) is 11.5 Å². The molecule has 2 aromatic carbocycles. The molecule has 0 aliphatic carbocycles. The molecule has 0 fully saturated rings. The highest BCUT2D eigenvalue weighted by Crippen LogP contribution is 2.32. The van der Waals surface area contributed by atoms with Gasteiger partial charge in [0, 0.05) is 35.9 Å². The summed E-state index contributed by atoms with van der Waals surface area (Å²) in [6.45, 7) is 4.11. The first-order valence-corrected chi connectivity index (χ1v) is 10.4. The smallest absolute Gasteiger partial charge is 0.180 e. The maximum atomic E-state index is 5.43. The minimum Gasteiger partial charge on any atom is -0.493 e. The standard InChI is InChI=1S/C26H26N4O2/c1-5-6-7-8-19-15-20(10-9-18(19)2)22-17-30-14-13-27-26(30)25(29-22)28-21-11-12-23(31-3)24(16-21)32-4/h5-17H,1-4H3,(H,28,29)/b6-5?,8-7-. The van der Waals surface area contributed by atoms with Crippen molar-refractivity contribution in [1.82, 2.24) is 14.4 Å². The van der Waals surface area contributed by atoms with E-state index in [0.717, 1.165) is 28.2 Å². The van der Waals surface area contributed by atoms with Crippen LogP contribution in [0.3, 0.4) is 0 Å².